The summed E-state index contributed by atoms with van der Waals surface area (Å²) in [5, 5.41) is 2.38. The summed E-state index contributed by atoms with van der Waals surface area (Å²) < 4.78 is 5.65. The summed E-state index contributed by atoms with van der Waals surface area (Å²) in [4.78, 5) is 39.3. The van der Waals surface area contributed by atoms with Crippen molar-refractivity contribution in [2.45, 2.75) is 56.1 Å². The summed E-state index contributed by atoms with van der Waals surface area (Å²) in [5.74, 6) is 0.297. The van der Waals surface area contributed by atoms with Gasteiger partial charge in [0.1, 0.15) is 5.75 Å². The van der Waals surface area contributed by atoms with Gasteiger partial charge in [0.25, 0.3) is 0 Å². The number of hydrogen-bond acceptors (Lipinski definition) is 5. The van der Waals surface area contributed by atoms with Crippen molar-refractivity contribution in [3.8, 4) is 5.75 Å². The Labute approximate surface area is 187 Å². The Hall–Kier alpha value is -2.80. The number of rotatable bonds is 10. The molecule has 6 nitrogen and oxygen atoms in total. The largest absolute Gasteiger partial charge is 0.494 e. The van der Waals surface area contributed by atoms with Gasteiger partial charge in [-0.25, -0.2) is 4.90 Å². The van der Waals surface area contributed by atoms with Crippen LogP contribution in [0.25, 0.3) is 0 Å². The van der Waals surface area contributed by atoms with Crippen molar-refractivity contribution in [3.63, 3.8) is 0 Å². The predicted octanol–water partition coefficient (Wildman–Crippen LogP) is 5.03. The van der Waals surface area contributed by atoms with Crippen molar-refractivity contribution in [3.05, 3.63) is 48.5 Å². The molecule has 0 saturated carbocycles. The number of thioether (sulfide) groups is 1. The maximum Gasteiger partial charge on any atom is 0.247 e. The minimum Gasteiger partial charge on any atom is -0.494 e. The molecule has 2 aromatic carbocycles. The van der Waals surface area contributed by atoms with Gasteiger partial charge in [-0.1, -0.05) is 20.3 Å². The zero-order valence-electron chi connectivity index (χ0n) is 17.9. The molecule has 1 atom stereocenters. The van der Waals surface area contributed by atoms with Crippen molar-refractivity contribution < 1.29 is 19.1 Å². The van der Waals surface area contributed by atoms with Crippen LogP contribution in [0, 0.1) is 0 Å². The molecule has 1 saturated heterocycles. The van der Waals surface area contributed by atoms with Crippen molar-refractivity contribution >= 4 is 40.9 Å². The second-order valence-electron chi connectivity index (χ2n) is 7.40. The van der Waals surface area contributed by atoms with E-state index in [1.165, 1.54) is 16.7 Å². The van der Waals surface area contributed by atoms with E-state index in [4.69, 9.17) is 4.74 Å². The molecule has 1 aliphatic heterocycles. The van der Waals surface area contributed by atoms with Gasteiger partial charge in [-0.3, -0.25) is 14.4 Å². The first-order valence-electron chi connectivity index (χ1n) is 10.7. The standard InChI is InChI=1S/C24H28N2O4S/c1-3-5-15-30-19-11-9-18(10-12-19)26-23(28)16-21(24(26)29)31-20-13-7-17(8-14-20)25-22(27)6-4-2/h7-14,21H,3-6,15-16H2,1-2H3,(H,25,27). The summed E-state index contributed by atoms with van der Waals surface area (Å²) in [5.41, 5.74) is 1.29. The number of unbranched alkanes of at least 4 members (excludes halogenated alkanes) is 1. The molecule has 1 unspecified atom stereocenters. The third kappa shape index (κ3) is 6.10. The monoisotopic (exact) mass is 440 g/mol. The maximum atomic E-state index is 12.9. The van der Waals surface area contributed by atoms with Crippen LogP contribution in [0.4, 0.5) is 11.4 Å². The van der Waals surface area contributed by atoms with Gasteiger partial charge < -0.3 is 10.1 Å². The van der Waals surface area contributed by atoms with Gasteiger partial charge in [-0.15, -0.1) is 11.8 Å². The zero-order chi connectivity index (χ0) is 22.2. The molecule has 164 valence electrons. The van der Waals surface area contributed by atoms with E-state index in [1.54, 1.807) is 24.3 Å². The van der Waals surface area contributed by atoms with E-state index >= 15 is 0 Å². The van der Waals surface area contributed by atoms with E-state index < -0.39 is 5.25 Å². The average Bonchev–Trinajstić information content (AvgIpc) is 3.03. The summed E-state index contributed by atoms with van der Waals surface area (Å²) in [6, 6.07) is 14.4. The van der Waals surface area contributed by atoms with Crippen LogP contribution in [0.5, 0.6) is 5.75 Å². The van der Waals surface area contributed by atoms with Gasteiger partial charge in [-0.05, 0) is 61.4 Å². The normalized spacial score (nSPS) is 15.9. The summed E-state index contributed by atoms with van der Waals surface area (Å²) in [7, 11) is 0. The number of imide groups is 1. The lowest BCUT2D eigenvalue weighted by molar-refractivity contribution is -0.121. The topological polar surface area (TPSA) is 75.7 Å². The van der Waals surface area contributed by atoms with Crippen LogP contribution in [0.3, 0.4) is 0 Å². The molecule has 3 rings (SSSR count). The van der Waals surface area contributed by atoms with Crippen LogP contribution in [0.1, 0.15) is 46.0 Å². The Morgan fingerprint density at radius 3 is 2.42 bits per heavy atom. The minimum absolute atomic E-state index is 0.0168. The number of ether oxygens (including phenoxy) is 1. The van der Waals surface area contributed by atoms with Crippen LogP contribution in [0.2, 0.25) is 0 Å². The highest BCUT2D eigenvalue weighted by Gasteiger charge is 2.40. The smallest absolute Gasteiger partial charge is 0.247 e. The van der Waals surface area contributed by atoms with Crippen LogP contribution >= 0.6 is 11.8 Å². The van der Waals surface area contributed by atoms with E-state index in [-0.39, 0.29) is 24.1 Å². The Kier molecular flexibility index (Phi) is 8.12. The first-order valence-corrected chi connectivity index (χ1v) is 11.6. The molecule has 0 aromatic heterocycles. The van der Waals surface area contributed by atoms with Crippen LogP contribution in [0.15, 0.2) is 53.4 Å². The number of benzene rings is 2. The minimum atomic E-state index is -0.464. The molecule has 0 bridgehead atoms. The highest BCUT2D eigenvalue weighted by Crippen LogP contribution is 2.34. The number of hydrogen-bond donors (Lipinski definition) is 1. The van der Waals surface area contributed by atoms with Crippen molar-refractivity contribution in [1.29, 1.82) is 0 Å². The predicted molar refractivity (Wildman–Crippen MR) is 124 cm³/mol. The zero-order valence-corrected chi connectivity index (χ0v) is 18.7. The number of carbonyl (C=O) groups is 3. The third-order valence-electron chi connectivity index (χ3n) is 4.86. The first kappa shape index (κ1) is 22.9. The van der Waals surface area contributed by atoms with E-state index in [1.807, 2.05) is 31.2 Å². The number of anilines is 2. The Balaban J connectivity index is 1.60. The molecule has 1 N–H and O–H groups in total. The molecular formula is C24H28N2O4S. The fourth-order valence-electron chi connectivity index (χ4n) is 3.22. The molecule has 1 aliphatic rings. The van der Waals surface area contributed by atoms with Crippen LogP contribution in [-0.4, -0.2) is 29.6 Å². The van der Waals surface area contributed by atoms with Gasteiger partial charge in [-0.2, -0.15) is 0 Å². The summed E-state index contributed by atoms with van der Waals surface area (Å²) in [6.07, 6.45) is 3.48. The van der Waals surface area contributed by atoms with E-state index in [0.29, 0.717) is 18.7 Å². The first-order chi connectivity index (χ1) is 15.0. The highest BCUT2D eigenvalue weighted by molar-refractivity contribution is 8.00. The summed E-state index contributed by atoms with van der Waals surface area (Å²) in [6.45, 7) is 4.71. The molecule has 1 heterocycles. The fraction of sp³-hybridized carbons (Fsp3) is 0.375. The average molecular weight is 441 g/mol. The van der Waals surface area contributed by atoms with E-state index in [0.717, 1.165) is 35.6 Å². The Bertz CT molecular complexity index is 912. The number of nitrogens with zero attached hydrogens (tertiary/aromatic N) is 1. The molecular weight excluding hydrogens is 412 g/mol. The Morgan fingerprint density at radius 1 is 1.06 bits per heavy atom. The SMILES string of the molecule is CCCCOc1ccc(N2C(=O)CC(Sc3ccc(NC(=O)CCC)cc3)C2=O)cc1. The maximum absolute atomic E-state index is 12.9. The second-order valence-corrected chi connectivity index (χ2v) is 8.67. The summed E-state index contributed by atoms with van der Waals surface area (Å²) >= 11 is 1.37. The molecule has 2 aromatic rings. The van der Waals surface area contributed by atoms with Crippen molar-refractivity contribution in [1.82, 2.24) is 0 Å². The third-order valence-corrected chi connectivity index (χ3v) is 6.06. The van der Waals surface area contributed by atoms with Crippen molar-refractivity contribution in [2.24, 2.45) is 0 Å². The lowest BCUT2D eigenvalue weighted by Gasteiger charge is -2.16. The number of carbonyl (C=O) groups excluding carboxylic acids is 3. The lowest BCUT2D eigenvalue weighted by Crippen LogP contribution is -2.31. The van der Waals surface area contributed by atoms with Gasteiger partial charge >= 0.3 is 0 Å². The fourth-order valence-corrected chi connectivity index (χ4v) is 4.28. The molecule has 7 heteroatoms. The molecule has 0 aliphatic carbocycles. The van der Waals surface area contributed by atoms with Gasteiger partial charge in [0.2, 0.25) is 17.7 Å². The van der Waals surface area contributed by atoms with Crippen molar-refractivity contribution in [2.75, 3.05) is 16.8 Å². The number of amides is 3. The molecule has 3 amide bonds. The molecule has 31 heavy (non-hydrogen) atoms. The van der Waals surface area contributed by atoms with Gasteiger partial charge in [0.05, 0.1) is 17.5 Å². The van der Waals surface area contributed by atoms with E-state index in [2.05, 4.69) is 12.2 Å². The second kappa shape index (κ2) is 11.0. The molecule has 1 fully saturated rings. The van der Waals surface area contributed by atoms with Crippen LogP contribution in [-0.2, 0) is 14.4 Å². The van der Waals surface area contributed by atoms with Crippen LogP contribution < -0.4 is 15.0 Å². The molecule has 0 spiro atoms. The quantitative estimate of drug-likeness (QED) is 0.414. The van der Waals surface area contributed by atoms with Gasteiger partial charge in [0, 0.05) is 23.4 Å². The number of nitrogens with one attached hydrogen (secondary N) is 1. The highest BCUT2D eigenvalue weighted by atomic mass is 32.2. The van der Waals surface area contributed by atoms with E-state index in [9.17, 15) is 14.4 Å². The Morgan fingerprint density at radius 2 is 1.77 bits per heavy atom. The molecule has 0 radical (unpaired) electrons. The lowest BCUT2D eigenvalue weighted by atomic mass is 10.2. The van der Waals surface area contributed by atoms with Gasteiger partial charge in [0.15, 0.2) is 0 Å².